The number of hydrogen-bond acceptors (Lipinski definition) is 3. The van der Waals surface area contributed by atoms with E-state index >= 15 is 0 Å². The third kappa shape index (κ3) is 3.28. The van der Waals surface area contributed by atoms with Gasteiger partial charge in [-0.2, -0.15) is 0 Å². The highest BCUT2D eigenvalue weighted by molar-refractivity contribution is 6.35. The minimum Gasteiger partial charge on any atom is -0.388 e. The van der Waals surface area contributed by atoms with Gasteiger partial charge in [0.1, 0.15) is 0 Å². The monoisotopic (exact) mass is 311 g/mol. The summed E-state index contributed by atoms with van der Waals surface area (Å²) in [6, 6.07) is 11.1. The molecule has 2 rings (SSSR count). The standard InChI is InChI=1S/C14H11Cl2NO3/c15-10-5-6-11(12(16)8-10)14(18)7-9-3-1-2-4-13(9)17(19)20/h1-6,8,14,18H,7H2. The Morgan fingerprint density at radius 3 is 2.55 bits per heavy atom. The quantitative estimate of drug-likeness (QED) is 0.680. The zero-order valence-corrected chi connectivity index (χ0v) is 11.8. The Balaban J connectivity index is 2.28. The van der Waals surface area contributed by atoms with Gasteiger partial charge in [0.15, 0.2) is 0 Å². The van der Waals surface area contributed by atoms with Crippen LogP contribution in [-0.4, -0.2) is 10.0 Å². The minimum atomic E-state index is -0.930. The third-order valence-corrected chi connectivity index (χ3v) is 3.49. The summed E-state index contributed by atoms with van der Waals surface area (Å²) >= 11 is 11.8. The van der Waals surface area contributed by atoms with Gasteiger partial charge in [-0.3, -0.25) is 10.1 Å². The van der Waals surface area contributed by atoms with E-state index in [2.05, 4.69) is 0 Å². The molecular weight excluding hydrogens is 301 g/mol. The van der Waals surface area contributed by atoms with Crippen molar-refractivity contribution in [2.45, 2.75) is 12.5 Å². The molecule has 0 spiro atoms. The molecule has 0 saturated carbocycles. The number of nitro benzene ring substituents is 1. The van der Waals surface area contributed by atoms with Crippen LogP contribution in [0.2, 0.25) is 10.0 Å². The summed E-state index contributed by atoms with van der Waals surface area (Å²) in [5, 5.41) is 21.9. The molecule has 0 heterocycles. The van der Waals surface area contributed by atoms with Crippen molar-refractivity contribution in [3.8, 4) is 0 Å². The molecule has 0 aromatic heterocycles. The number of aliphatic hydroxyl groups excluding tert-OH is 1. The van der Waals surface area contributed by atoms with Crippen molar-refractivity contribution in [1.29, 1.82) is 0 Å². The molecule has 0 fully saturated rings. The van der Waals surface area contributed by atoms with E-state index in [0.717, 1.165) is 0 Å². The smallest absolute Gasteiger partial charge is 0.272 e. The molecule has 0 aliphatic carbocycles. The van der Waals surface area contributed by atoms with Crippen molar-refractivity contribution in [2.24, 2.45) is 0 Å². The Kier molecular flexibility index (Phi) is 4.60. The molecule has 2 aromatic rings. The average molecular weight is 312 g/mol. The van der Waals surface area contributed by atoms with Gasteiger partial charge in [-0.15, -0.1) is 0 Å². The summed E-state index contributed by atoms with van der Waals surface area (Å²) in [5.74, 6) is 0. The third-order valence-electron chi connectivity index (χ3n) is 2.92. The van der Waals surface area contributed by atoms with Crippen LogP contribution in [0.15, 0.2) is 42.5 Å². The summed E-state index contributed by atoms with van der Waals surface area (Å²) in [7, 11) is 0. The van der Waals surface area contributed by atoms with E-state index in [1.54, 1.807) is 30.3 Å². The second kappa shape index (κ2) is 6.22. The van der Waals surface area contributed by atoms with Crippen LogP contribution in [0.5, 0.6) is 0 Å². The lowest BCUT2D eigenvalue weighted by Crippen LogP contribution is -2.05. The summed E-state index contributed by atoms with van der Waals surface area (Å²) in [6.07, 6.45) is -0.820. The fourth-order valence-corrected chi connectivity index (χ4v) is 2.49. The molecule has 2 aromatic carbocycles. The van der Waals surface area contributed by atoms with Crippen molar-refractivity contribution in [2.75, 3.05) is 0 Å². The molecule has 0 saturated heterocycles. The van der Waals surface area contributed by atoms with Gasteiger partial charge in [-0.1, -0.05) is 47.5 Å². The van der Waals surface area contributed by atoms with Crippen LogP contribution in [0, 0.1) is 10.1 Å². The van der Waals surface area contributed by atoms with E-state index in [1.807, 2.05) is 0 Å². The predicted molar refractivity (Wildman–Crippen MR) is 78.2 cm³/mol. The van der Waals surface area contributed by atoms with Gasteiger partial charge in [0.25, 0.3) is 5.69 Å². The predicted octanol–water partition coefficient (Wildman–Crippen LogP) is 4.18. The van der Waals surface area contributed by atoms with E-state index in [-0.39, 0.29) is 12.1 Å². The van der Waals surface area contributed by atoms with Gasteiger partial charge in [-0.05, 0) is 17.7 Å². The SMILES string of the molecule is O=[N+]([O-])c1ccccc1CC(O)c1ccc(Cl)cc1Cl. The molecular formula is C14H11Cl2NO3. The molecule has 0 radical (unpaired) electrons. The van der Waals surface area contributed by atoms with Gasteiger partial charge < -0.3 is 5.11 Å². The van der Waals surface area contributed by atoms with E-state index in [9.17, 15) is 15.2 Å². The average Bonchev–Trinajstić information content (AvgIpc) is 2.38. The number of nitro groups is 1. The number of hydrogen-bond donors (Lipinski definition) is 1. The largest absolute Gasteiger partial charge is 0.388 e. The first-order valence-corrected chi connectivity index (χ1v) is 6.60. The lowest BCUT2D eigenvalue weighted by Gasteiger charge is -2.13. The summed E-state index contributed by atoms with van der Waals surface area (Å²) < 4.78 is 0. The van der Waals surface area contributed by atoms with Gasteiger partial charge in [0, 0.05) is 28.1 Å². The van der Waals surface area contributed by atoms with E-state index in [0.29, 0.717) is 21.2 Å². The van der Waals surface area contributed by atoms with Crippen molar-refractivity contribution in [1.82, 2.24) is 0 Å². The molecule has 1 atom stereocenters. The lowest BCUT2D eigenvalue weighted by molar-refractivity contribution is -0.385. The van der Waals surface area contributed by atoms with Crippen LogP contribution < -0.4 is 0 Å². The number of aliphatic hydroxyl groups is 1. The maximum absolute atomic E-state index is 10.9. The molecule has 0 bridgehead atoms. The van der Waals surface area contributed by atoms with E-state index in [4.69, 9.17) is 23.2 Å². The van der Waals surface area contributed by atoms with E-state index < -0.39 is 11.0 Å². The number of nitrogens with zero attached hydrogens (tertiary/aromatic N) is 1. The van der Waals surface area contributed by atoms with Crippen LogP contribution in [-0.2, 0) is 6.42 Å². The topological polar surface area (TPSA) is 63.4 Å². The normalized spacial score (nSPS) is 12.2. The van der Waals surface area contributed by atoms with Crippen LogP contribution in [0.3, 0.4) is 0 Å². The number of halogens is 2. The number of benzene rings is 2. The Morgan fingerprint density at radius 1 is 1.20 bits per heavy atom. The van der Waals surface area contributed by atoms with Crippen LogP contribution >= 0.6 is 23.2 Å². The molecule has 0 amide bonds. The number of rotatable bonds is 4. The van der Waals surface area contributed by atoms with Crippen molar-refractivity contribution < 1.29 is 10.0 Å². The molecule has 6 heteroatoms. The van der Waals surface area contributed by atoms with Gasteiger partial charge in [0.2, 0.25) is 0 Å². The minimum absolute atomic E-state index is 0.0170. The summed E-state index contributed by atoms with van der Waals surface area (Å²) in [4.78, 5) is 10.5. The zero-order chi connectivity index (χ0) is 14.7. The second-order valence-electron chi connectivity index (χ2n) is 4.27. The fourth-order valence-electron chi connectivity index (χ4n) is 1.95. The fraction of sp³-hybridized carbons (Fsp3) is 0.143. The Bertz CT molecular complexity index is 646. The van der Waals surface area contributed by atoms with Gasteiger partial charge >= 0.3 is 0 Å². The summed E-state index contributed by atoms with van der Waals surface area (Å²) in [5.41, 5.74) is 0.932. The molecule has 1 N–H and O–H groups in total. The zero-order valence-electron chi connectivity index (χ0n) is 10.3. The van der Waals surface area contributed by atoms with Crippen LogP contribution in [0.1, 0.15) is 17.2 Å². The second-order valence-corrected chi connectivity index (χ2v) is 5.12. The number of para-hydroxylation sites is 1. The molecule has 104 valence electrons. The molecule has 1 unspecified atom stereocenters. The van der Waals surface area contributed by atoms with Crippen LogP contribution in [0.25, 0.3) is 0 Å². The van der Waals surface area contributed by atoms with E-state index in [1.165, 1.54) is 12.1 Å². The molecule has 20 heavy (non-hydrogen) atoms. The highest BCUT2D eigenvalue weighted by atomic mass is 35.5. The first-order chi connectivity index (χ1) is 9.49. The maximum atomic E-state index is 10.9. The summed E-state index contributed by atoms with van der Waals surface area (Å²) in [6.45, 7) is 0. The molecule has 4 nitrogen and oxygen atoms in total. The first-order valence-electron chi connectivity index (χ1n) is 5.84. The molecule has 0 aliphatic rings. The van der Waals surface area contributed by atoms with Crippen molar-refractivity contribution in [3.05, 3.63) is 73.8 Å². The Morgan fingerprint density at radius 2 is 1.90 bits per heavy atom. The highest BCUT2D eigenvalue weighted by Crippen LogP contribution is 2.30. The van der Waals surface area contributed by atoms with Gasteiger partial charge in [-0.25, -0.2) is 0 Å². The highest BCUT2D eigenvalue weighted by Gasteiger charge is 2.18. The van der Waals surface area contributed by atoms with Crippen molar-refractivity contribution in [3.63, 3.8) is 0 Å². The Hall–Kier alpha value is -1.62. The van der Waals surface area contributed by atoms with Crippen LogP contribution in [0.4, 0.5) is 5.69 Å². The first kappa shape index (κ1) is 14.8. The molecule has 0 aliphatic heterocycles. The lowest BCUT2D eigenvalue weighted by atomic mass is 10.0. The van der Waals surface area contributed by atoms with Gasteiger partial charge in [0.05, 0.1) is 11.0 Å². The van der Waals surface area contributed by atoms with Crippen molar-refractivity contribution >= 4 is 28.9 Å². The Labute approximate surface area is 125 Å². The maximum Gasteiger partial charge on any atom is 0.272 e.